The normalized spacial score (nSPS) is 9.60. The summed E-state index contributed by atoms with van der Waals surface area (Å²) in [4.78, 5) is 9.77. The molecule has 0 rings (SSSR count). The average molecular weight is 152 g/mol. The van der Waals surface area contributed by atoms with Crippen molar-refractivity contribution in [2.24, 2.45) is 0 Å². The van der Waals surface area contributed by atoms with E-state index in [0.29, 0.717) is 0 Å². The molecule has 0 saturated carbocycles. The van der Waals surface area contributed by atoms with Gasteiger partial charge in [-0.3, -0.25) is 0 Å². The largest absolute Gasteiger partial charge is 0.492 e. The van der Waals surface area contributed by atoms with Crippen LogP contribution in [-0.4, -0.2) is 12.1 Å². The molecule has 0 spiro atoms. The van der Waals surface area contributed by atoms with Gasteiger partial charge in [0.25, 0.3) is 0 Å². The Kier molecular flexibility index (Phi) is 2.74. The van der Waals surface area contributed by atoms with Gasteiger partial charge in [-0.25, -0.2) is 4.79 Å². The number of hydrogen-bond donors (Lipinski definition) is 0. The van der Waals surface area contributed by atoms with E-state index in [-0.39, 0.29) is 0 Å². The van der Waals surface area contributed by atoms with Crippen molar-refractivity contribution in [2.45, 2.75) is 13.1 Å². The van der Waals surface area contributed by atoms with E-state index < -0.39 is 12.1 Å². The lowest BCUT2D eigenvalue weighted by atomic mass is 10.7. The highest BCUT2D eigenvalue weighted by Gasteiger charge is 2.41. The Labute approximate surface area is 55.0 Å². The van der Waals surface area contributed by atoms with E-state index in [1.807, 2.05) is 5.92 Å². The Morgan fingerprint density at radius 3 is 2.30 bits per heavy atom. The van der Waals surface area contributed by atoms with Crippen LogP contribution in [0.1, 0.15) is 6.92 Å². The van der Waals surface area contributed by atoms with Gasteiger partial charge in [-0.05, 0) is 0 Å². The van der Waals surface area contributed by atoms with E-state index in [9.17, 15) is 18.0 Å². The maximum atomic E-state index is 11.2. The highest BCUT2D eigenvalue weighted by molar-refractivity contribution is 5.76. The number of halogens is 3. The summed E-state index contributed by atoms with van der Waals surface area (Å²) in [5.41, 5.74) is 0. The van der Waals surface area contributed by atoms with Gasteiger partial charge >= 0.3 is 12.1 Å². The minimum atomic E-state index is -4.95. The summed E-state index contributed by atoms with van der Waals surface area (Å²) in [6, 6.07) is 0. The average Bonchev–Trinajstić information content (AvgIpc) is 1.80. The fraction of sp³-hybridized carbons (Fsp3) is 0.400. The quantitative estimate of drug-likeness (QED) is 0.383. The topological polar surface area (TPSA) is 26.3 Å². The molecule has 0 aromatic heterocycles. The molecule has 0 bridgehead atoms. The molecule has 0 fully saturated rings. The number of ether oxygens (including phenoxy) is 1. The number of esters is 1. The summed E-state index contributed by atoms with van der Waals surface area (Å²) in [5.74, 6) is -0.312. The van der Waals surface area contributed by atoms with E-state index in [1.165, 1.54) is 13.0 Å². The molecule has 2 nitrogen and oxygen atoms in total. The molecule has 0 aromatic carbocycles. The Bertz CT molecular complexity index is 183. The minimum absolute atomic E-state index is 1.25. The predicted molar refractivity (Wildman–Crippen MR) is 25.6 cm³/mol. The van der Waals surface area contributed by atoms with E-state index in [4.69, 9.17) is 0 Å². The van der Waals surface area contributed by atoms with Crippen LogP contribution in [0.15, 0.2) is 0 Å². The Morgan fingerprint density at radius 2 is 2.00 bits per heavy atom. The van der Waals surface area contributed by atoms with Crippen LogP contribution in [0.2, 0.25) is 0 Å². The van der Waals surface area contributed by atoms with Crippen molar-refractivity contribution in [3.63, 3.8) is 0 Å². The van der Waals surface area contributed by atoms with Gasteiger partial charge in [-0.1, -0.05) is 5.92 Å². The van der Waals surface area contributed by atoms with Crippen LogP contribution in [-0.2, 0) is 9.53 Å². The van der Waals surface area contributed by atoms with Gasteiger partial charge in [0.05, 0.1) is 0 Å². The Balaban J connectivity index is 3.95. The fourth-order valence-corrected chi connectivity index (χ4v) is 0.155. The van der Waals surface area contributed by atoms with Crippen LogP contribution in [0.25, 0.3) is 0 Å². The molecule has 0 aliphatic rings. The SMILES string of the molecule is CC#COC(=O)C(F)(F)F. The summed E-state index contributed by atoms with van der Waals surface area (Å²) in [7, 11) is 0. The second-order valence-electron chi connectivity index (χ2n) is 1.24. The first-order valence-electron chi connectivity index (χ1n) is 2.18. The smallest absolute Gasteiger partial charge is 0.365 e. The molecule has 0 atom stereocenters. The van der Waals surface area contributed by atoms with Crippen molar-refractivity contribution in [3.05, 3.63) is 0 Å². The summed E-state index contributed by atoms with van der Waals surface area (Å²) in [6.07, 6.45) is -3.42. The van der Waals surface area contributed by atoms with Crippen molar-refractivity contribution < 1.29 is 22.7 Å². The van der Waals surface area contributed by atoms with Crippen LogP contribution >= 0.6 is 0 Å². The zero-order chi connectivity index (χ0) is 8.20. The third kappa shape index (κ3) is 2.97. The molecule has 0 unspecified atom stereocenters. The Hall–Kier alpha value is -1.18. The van der Waals surface area contributed by atoms with Crippen LogP contribution in [0, 0.1) is 12.0 Å². The Morgan fingerprint density at radius 1 is 1.50 bits per heavy atom. The highest BCUT2D eigenvalue weighted by Crippen LogP contribution is 2.15. The molecule has 0 amide bonds. The lowest BCUT2D eigenvalue weighted by molar-refractivity contribution is -0.192. The summed E-state index contributed by atoms with van der Waals surface area (Å²) >= 11 is 0. The number of hydrogen-bond acceptors (Lipinski definition) is 2. The summed E-state index contributed by atoms with van der Waals surface area (Å²) in [6.45, 7) is 1.25. The fourth-order valence-electron chi connectivity index (χ4n) is 0.155. The van der Waals surface area contributed by atoms with Crippen molar-refractivity contribution >= 4 is 5.97 Å². The summed E-state index contributed by atoms with van der Waals surface area (Å²) < 4.78 is 37.1. The van der Waals surface area contributed by atoms with E-state index in [0.717, 1.165) is 0 Å². The number of alkyl halides is 3. The van der Waals surface area contributed by atoms with Gasteiger partial charge in [0.1, 0.15) is 6.11 Å². The second-order valence-corrected chi connectivity index (χ2v) is 1.24. The third-order valence-corrected chi connectivity index (χ3v) is 0.477. The predicted octanol–water partition coefficient (Wildman–Crippen LogP) is 1.07. The molecule has 56 valence electrons. The molecule has 0 aromatic rings. The van der Waals surface area contributed by atoms with Crippen LogP contribution in [0.4, 0.5) is 13.2 Å². The minimum Gasteiger partial charge on any atom is -0.365 e. The van der Waals surface area contributed by atoms with Gasteiger partial charge in [0.2, 0.25) is 0 Å². The molecule has 0 saturated heterocycles. The molecular weight excluding hydrogens is 149 g/mol. The first-order valence-corrected chi connectivity index (χ1v) is 2.18. The maximum absolute atomic E-state index is 11.2. The number of rotatable bonds is 0. The maximum Gasteiger partial charge on any atom is 0.492 e. The second kappa shape index (κ2) is 3.11. The van der Waals surface area contributed by atoms with Gasteiger partial charge in [0.15, 0.2) is 0 Å². The first-order chi connectivity index (χ1) is 4.48. The first kappa shape index (κ1) is 8.82. The standard InChI is InChI=1S/C5H3F3O2/c1-2-3-10-4(9)5(6,7)8/h1H3. The molecule has 0 aliphatic heterocycles. The molecule has 5 heteroatoms. The molecule has 0 heterocycles. The van der Waals surface area contributed by atoms with Gasteiger partial charge in [-0.15, -0.1) is 0 Å². The molecule has 10 heavy (non-hydrogen) atoms. The van der Waals surface area contributed by atoms with Crippen molar-refractivity contribution in [1.82, 2.24) is 0 Å². The lowest BCUT2D eigenvalue weighted by Gasteiger charge is -1.98. The molecule has 0 radical (unpaired) electrons. The highest BCUT2D eigenvalue weighted by atomic mass is 19.4. The van der Waals surface area contributed by atoms with Gasteiger partial charge in [-0.2, -0.15) is 13.2 Å². The van der Waals surface area contributed by atoms with Crippen molar-refractivity contribution in [2.75, 3.05) is 0 Å². The molecule has 0 aliphatic carbocycles. The zero-order valence-electron chi connectivity index (χ0n) is 4.95. The lowest BCUT2D eigenvalue weighted by Crippen LogP contribution is -2.23. The zero-order valence-corrected chi connectivity index (χ0v) is 4.95. The van der Waals surface area contributed by atoms with E-state index in [2.05, 4.69) is 4.74 Å². The van der Waals surface area contributed by atoms with E-state index in [1.54, 1.807) is 0 Å². The van der Waals surface area contributed by atoms with Gasteiger partial charge < -0.3 is 4.74 Å². The summed E-state index contributed by atoms with van der Waals surface area (Å²) in [5, 5.41) is 0. The van der Waals surface area contributed by atoms with E-state index >= 15 is 0 Å². The molecule has 0 N–H and O–H groups in total. The third-order valence-electron chi connectivity index (χ3n) is 0.477. The molecular formula is C5H3F3O2. The number of carbonyl (C=O) groups excluding carboxylic acids is 1. The van der Waals surface area contributed by atoms with Crippen LogP contribution < -0.4 is 0 Å². The van der Waals surface area contributed by atoms with Crippen molar-refractivity contribution in [3.8, 4) is 12.0 Å². The van der Waals surface area contributed by atoms with Crippen LogP contribution in [0.5, 0.6) is 0 Å². The van der Waals surface area contributed by atoms with Crippen molar-refractivity contribution in [1.29, 1.82) is 0 Å². The van der Waals surface area contributed by atoms with Gasteiger partial charge in [0, 0.05) is 6.92 Å². The number of carbonyl (C=O) groups is 1. The monoisotopic (exact) mass is 152 g/mol. The van der Waals surface area contributed by atoms with Crippen LogP contribution in [0.3, 0.4) is 0 Å².